The van der Waals surface area contributed by atoms with Crippen molar-refractivity contribution in [3.8, 4) is 0 Å². The first-order chi connectivity index (χ1) is 13.4. The molecule has 3 rings (SSSR count). The molecule has 0 saturated heterocycles. The number of carbonyl (C=O) groups is 2. The number of aromatic amines is 1. The molecule has 28 heavy (non-hydrogen) atoms. The number of halogens is 1. The number of hydrogen-bond donors (Lipinski definition) is 3. The van der Waals surface area contributed by atoms with E-state index in [1.807, 2.05) is 68.6 Å². The summed E-state index contributed by atoms with van der Waals surface area (Å²) in [6.07, 6.45) is 2.05. The average molecular weight is 442 g/mol. The van der Waals surface area contributed by atoms with Crippen molar-refractivity contribution >= 4 is 38.5 Å². The summed E-state index contributed by atoms with van der Waals surface area (Å²) in [5.74, 6) is -0.365. The SMILES string of the molecule is CC(C)C(NC(=O)Cc1ccc2ccccc2c1)C(=O)NCc1cc(Br)c[nH]1. The largest absolute Gasteiger partial charge is 0.362 e. The van der Waals surface area contributed by atoms with E-state index in [2.05, 4.69) is 31.5 Å². The fourth-order valence-electron chi connectivity index (χ4n) is 3.10. The molecule has 5 nitrogen and oxygen atoms in total. The molecular formula is C22H24BrN3O2. The van der Waals surface area contributed by atoms with E-state index in [4.69, 9.17) is 0 Å². The Bertz CT molecular complexity index is 981. The van der Waals surface area contributed by atoms with E-state index < -0.39 is 6.04 Å². The van der Waals surface area contributed by atoms with Gasteiger partial charge in [0.1, 0.15) is 6.04 Å². The topological polar surface area (TPSA) is 74.0 Å². The minimum atomic E-state index is -0.577. The Labute approximate surface area is 173 Å². The predicted octanol–water partition coefficient (Wildman–Crippen LogP) is 3.93. The fourth-order valence-corrected chi connectivity index (χ4v) is 3.49. The van der Waals surface area contributed by atoms with Gasteiger partial charge in [0.15, 0.2) is 0 Å². The van der Waals surface area contributed by atoms with Crippen molar-refractivity contribution in [3.05, 3.63) is 70.5 Å². The van der Waals surface area contributed by atoms with Crippen LogP contribution in [0.15, 0.2) is 59.2 Å². The summed E-state index contributed by atoms with van der Waals surface area (Å²) in [5, 5.41) is 8.01. The molecule has 0 radical (unpaired) electrons. The van der Waals surface area contributed by atoms with E-state index in [1.54, 1.807) is 0 Å². The lowest BCUT2D eigenvalue weighted by Gasteiger charge is -2.21. The van der Waals surface area contributed by atoms with Crippen LogP contribution in [0.2, 0.25) is 0 Å². The summed E-state index contributed by atoms with van der Waals surface area (Å²) in [6, 6.07) is 15.4. The van der Waals surface area contributed by atoms with Crippen molar-refractivity contribution in [2.45, 2.75) is 32.9 Å². The van der Waals surface area contributed by atoms with Crippen LogP contribution in [0.4, 0.5) is 0 Å². The second-order valence-corrected chi connectivity index (χ2v) is 8.12. The number of benzene rings is 2. The monoisotopic (exact) mass is 441 g/mol. The van der Waals surface area contributed by atoms with E-state index in [1.165, 1.54) is 0 Å². The standard InChI is InChI=1S/C22H24BrN3O2/c1-14(2)21(22(28)25-13-19-11-18(23)12-24-19)26-20(27)10-15-7-8-16-5-3-4-6-17(16)9-15/h3-9,11-12,14,21,24H,10,13H2,1-2H3,(H,25,28)(H,26,27). The van der Waals surface area contributed by atoms with Crippen molar-refractivity contribution in [1.29, 1.82) is 0 Å². The van der Waals surface area contributed by atoms with Gasteiger partial charge in [-0.1, -0.05) is 56.3 Å². The number of H-pyrrole nitrogens is 1. The van der Waals surface area contributed by atoms with Gasteiger partial charge < -0.3 is 15.6 Å². The van der Waals surface area contributed by atoms with Gasteiger partial charge in [0.05, 0.1) is 13.0 Å². The predicted molar refractivity (Wildman–Crippen MR) is 115 cm³/mol. The highest BCUT2D eigenvalue weighted by molar-refractivity contribution is 9.10. The van der Waals surface area contributed by atoms with Crippen LogP contribution in [0.3, 0.4) is 0 Å². The average Bonchev–Trinajstić information content (AvgIpc) is 3.09. The van der Waals surface area contributed by atoms with Crippen molar-refractivity contribution in [2.75, 3.05) is 0 Å². The molecule has 0 aliphatic heterocycles. The first-order valence-electron chi connectivity index (χ1n) is 9.30. The van der Waals surface area contributed by atoms with Crippen molar-refractivity contribution in [3.63, 3.8) is 0 Å². The molecule has 6 heteroatoms. The summed E-state index contributed by atoms with van der Waals surface area (Å²) >= 11 is 3.37. The fraction of sp³-hybridized carbons (Fsp3) is 0.273. The molecule has 0 spiro atoms. The van der Waals surface area contributed by atoms with E-state index in [0.717, 1.165) is 26.5 Å². The number of fused-ring (bicyclic) bond motifs is 1. The summed E-state index contributed by atoms with van der Waals surface area (Å²) < 4.78 is 0.931. The van der Waals surface area contributed by atoms with Crippen molar-refractivity contribution in [2.24, 2.45) is 5.92 Å². The zero-order valence-corrected chi connectivity index (χ0v) is 17.5. The molecule has 1 atom stereocenters. The quantitative estimate of drug-likeness (QED) is 0.519. The summed E-state index contributed by atoms with van der Waals surface area (Å²) in [6.45, 7) is 4.23. The Morgan fingerprint density at radius 3 is 2.50 bits per heavy atom. The number of nitrogens with one attached hydrogen (secondary N) is 3. The first-order valence-corrected chi connectivity index (χ1v) is 10.1. The molecule has 0 aliphatic carbocycles. The molecule has 1 heterocycles. The first kappa shape index (κ1) is 20.1. The number of aromatic nitrogens is 1. The lowest BCUT2D eigenvalue weighted by molar-refractivity contribution is -0.129. The molecule has 2 amide bonds. The van der Waals surface area contributed by atoms with E-state index in [0.29, 0.717) is 6.54 Å². The molecule has 1 aromatic heterocycles. The molecule has 2 aromatic carbocycles. The van der Waals surface area contributed by atoms with Gasteiger partial charge in [0.2, 0.25) is 11.8 Å². The second kappa shape index (κ2) is 9.06. The summed E-state index contributed by atoms with van der Waals surface area (Å²) in [4.78, 5) is 28.2. The Morgan fingerprint density at radius 2 is 1.82 bits per heavy atom. The van der Waals surface area contributed by atoms with Crippen LogP contribution in [0, 0.1) is 5.92 Å². The molecular weight excluding hydrogens is 418 g/mol. The Hall–Kier alpha value is -2.60. The number of rotatable bonds is 7. The highest BCUT2D eigenvalue weighted by Crippen LogP contribution is 2.16. The van der Waals surface area contributed by atoms with Gasteiger partial charge in [0.25, 0.3) is 0 Å². The van der Waals surface area contributed by atoms with Crippen LogP contribution >= 0.6 is 15.9 Å². The molecule has 0 aliphatic rings. The van der Waals surface area contributed by atoms with Gasteiger partial charge >= 0.3 is 0 Å². The van der Waals surface area contributed by atoms with Crippen LogP contribution in [-0.4, -0.2) is 22.8 Å². The zero-order valence-electron chi connectivity index (χ0n) is 16.0. The van der Waals surface area contributed by atoms with Gasteiger partial charge in [-0.25, -0.2) is 0 Å². The van der Waals surface area contributed by atoms with Gasteiger partial charge in [-0.15, -0.1) is 0 Å². The smallest absolute Gasteiger partial charge is 0.243 e. The molecule has 146 valence electrons. The third-order valence-corrected chi connectivity index (χ3v) is 5.06. The highest BCUT2D eigenvalue weighted by Gasteiger charge is 2.24. The minimum absolute atomic E-state index is 0.0177. The van der Waals surface area contributed by atoms with E-state index >= 15 is 0 Å². The molecule has 0 saturated carbocycles. The number of hydrogen-bond acceptors (Lipinski definition) is 2. The maximum absolute atomic E-state index is 12.6. The molecule has 0 bridgehead atoms. The van der Waals surface area contributed by atoms with E-state index in [-0.39, 0.29) is 24.2 Å². The number of amides is 2. The maximum atomic E-state index is 12.6. The molecule has 3 N–H and O–H groups in total. The summed E-state index contributed by atoms with van der Waals surface area (Å²) in [5.41, 5.74) is 1.82. The van der Waals surface area contributed by atoms with Crippen molar-refractivity contribution < 1.29 is 9.59 Å². The molecule has 1 unspecified atom stereocenters. The molecule has 3 aromatic rings. The Morgan fingerprint density at radius 1 is 1.07 bits per heavy atom. The van der Waals surface area contributed by atoms with Crippen LogP contribution < -0.4 is 10.6 Å². The molecule has 0 fully saturated rings. The second-order valence-electron chi connectivity index (χ2n) is 7.21. The maximum Gasteiger partial charge on any atom is 0.243 e. The van der Waals surface area contributed by atoms with Crippen LogP contribution in [-0.2, 0) is 22.6 Å². The van der Waals surface area contributed by atoms with Gasteiger partial charge in [-0.05, 0) is 44.3 Å². The van der Waals surface area contributed by atoms with Crippen LogP contribution in [0.1, 0.15) is 25.1 Å². The Balaban J connectivity index is 1.60. The zero-order chi connectivity index (χ0) is 20.1. The Kier molecular flexibility index (Phi) is 6.52. The van der Waals surface area contributed by atoms with Gasteiger partial charge in [-0.2, -0.15) is 0 Å². The number of carbonyl (C=O) groups excluding carboxylic acids is 2. The van der Waals surface area contributed by atoms with E-state index in [9.17, 15) is 9.59 Å². The minimum Gasteiger partial charge on any atom is -0.362 e. The van der Waals surface area contributed by atoms with Gasteiger partial charge in [-0.3, -0.25) is 9.59 Å². The van der Waals surface area contributed by atoms with Crippen LogP contribution in [0.5, 0.6) is 0 Å². The normalized spacial score (nSPS) is 12.1. The third-order valence-electron chi connectivity index (χ3n) is 4.60. The van der Waals surface area contributed by atoms with Gasteiger partial charge in [0, 0.05) is 16.4 Å². The lowest BCUT2D eigenvalue weighted by atomic mass is 10.0. The summed E-state index contributed by atoms with van der Waals surface area (Å²) in [7, 11) is 0. The lowest BCUT2D eigenvalue weighted by Crippen LogP contribution is -2.49. The third kappa shape index (κ3) is 5.23. The van der Waals surface area contributed by atoms with Crippen molar-refractivity contribution in [1.82, 2.24) is 15.6 Å². The van der Waals surface area contributed by atoms with Crippen LogP contribution in [0.25, 0.3) is 10.8 Å². The highest BCUT2D eigenvalue weighted by atomic mass is 79.9.